The smallest absolute Gasteiger partial charge is 0.307 e. The average Bonchev–Trinajstić information content (AvgIpc) is 2.37. The van der Waals surface area contributed by atoms with Crippen LogP contribution in [0.1, 0.15) is 32.6 Å². The van der Waals surface area contributed by atoms with E-state index in [-0.39, 0.29) is 5.97 Å². The van der Waals surface area contributed by atoms with Gasteiger partial charge in [0.15, 0.2) is 0 Å². The molecule has 0 aliphatic carbocycles. The van der Waals surface area contributed by atoms with Crippen LogP contribution in [0.15, 0.2) is 0 Å². The Balaban J connectivity index is 1.75. The van der Waals surface area contributed by atoms with Crippen molar-refractivity contribution < 1.29 is 9.53 Å². The van der Waals surface area contributed by atoms with Crippen LogP contribution in [0, 0.1) is 5.92 Å². The van der Waals surface area contributed by atoms with Crippen LogP contribution in [0.3, 0.4) is 0 Å². The molecule has 0 spiro atoms. The van der Waals surface area contributed by atoms with Gasteiger partial charge in [-0.1, -0.05) is 0 Å². The zero-order chi connectivity index (χ0) is 13.0. The van der Waals surface area contributed by atoms with Gasteiger partial charge in [0.25, 0.3) is 0 Å². The summed E-state index contributed by atoms with van der Waals surface area (Å²) in [5, 5.41) is 0. The quantitative estimate of drug-likeness (QED) is 0.709. The molecule has 18 heavy (non-hydrogen) atoms. The summed E-state index contributed by atoms with van der Waals surface area (Å²) in [6.45, 7) is 6.77. The second-order valence-corrected chi connectivity index (χ2v) is 5.59. The Bertz CT molecular complexity index is 283. The van der Waals surface area contributed by atoms with Gasteiger partial charge in [0.2, 0.25) is 0 Å². The lowest BCUT2D eigenvalue weighted by molar-refractivity contribution is -0.143. The minimum absolute atomic E-state index is 0.0552. The zero-order valence-corrected chi connectivity index (χ0v) is 11.7. The second kappa shape index (κ2) is 6.53. The van der Waals surface area contributed by atoms with Crippen molar-refractivity contribution in [2.45, 2.75) is 38.6 Å². The normalized spacial score (nSPS) is 29.9. The topological polar surface area (TPSA) is 32.8 Å². The average molecular weight is 254 g/mol. The first-order valence-electron chi connectivity index (χ1n) is 7.29. The highest BCUT2D eigenvalue weighted by Crippen LogP contribution is 2.29. The molecule has 0 radical (unpaired) electrons. The van der Waals surface area contributed by atoms with E-state index >= 15 is 0 Å². The number of hydrogen-bond donors (Lipinski definition) is 0. The van der Waals surface area contributed by atoms with Crippen molar-refractivity contribution in [3.8, 4) is 0 Å². The summed E-state index contributed by atoms with van der Waals surface area (Å²) in [5.41, 5.74) is 0. The molecule has 2 rings (SSSR count). The van der Waals surface area contributed by atoms with Crippen molar-refractivity contribution in [1.29, 1.82) is 0 Å². The van der Waals surface area contributed by atoms with Crippen molar-refractivity contribution >= 4 is 5.97 Å². The monoisotopic (exact) mass is 254 g/mol. The fourth-order valence-corrected chi connectivity index (χ4v) is 3.41. The molecule has 2 atom stereocenters. The molecule has 2 aliphatic rings. The molecule has 0 bridgehead atoms. The van der Waals surface area contributed by atoms with Crippen LogP contribution in [-0.4, -0.2) is 61.6 Å². The van der Waals surface area contributed by atoms with E-state index in [1.54, 1.807) is 0 Å². The van der Waals surface area contributed by atoms with E-state index in [4.69, 9.17) is 4.74 Å². The van der Waals surface area contributed by atoms with E-state index in [1.807, 2.05) is 6.92 Å². The third-order valence-corrected chi connectivity index (χ3v) is 4.37. The maximum absolute atomic E-state index is 11.4. The van der Waals surface area contributed by atoms with Gasteiger partial charge in [-0.05, 0) is 52.2 Å². The fourth-order valence-electron chi connectivity index (χ4n) is 3.41. The van der Waals surface area contributed by atoms with E-state index in [9.17, 15) is 4.79 Å². The molecule has 0 aromatic carbocycles. The molecule has 104 valence electrons. The van der Waals surface area contributed by atoms with Gasteiger partial charge in [0.05, 0.1) is 13.0 Å². The zero-order valence-electron chi connectivity index (χ0n) is 11.7. The van der Waals surface area contributed by atoms with E-state index in [0.29, 0.717) is 13.0 Å². The number of hydrogen-bond acceptors (Lipinski definition) is 4. The van der Waals surface area contributed by atoms with E-state index in [1.165, 1.54) is 25.8 Å². The third kappa shape index (κ3) is 3.45. The Labute approximate surface area is 110 Å². The molecule has 2 unspecified atom stereocenters. The van der Waals surface area contributed by atoms with Gasteiger partial charge in [-0.2, -0.15) is 0 Å². The number of likely N-dealkylation sites (tertiary alicyclic amines) is 2. The molecule has 0 N–H and O–H groups in total. The first kappa shape index (κ1) is 13.8. The molecule has 2 heterocycles. The summed E-state index contributed by atoms with van der Waals surface area (Å²) >= 11 is 0. The molecule has 2 saturated heterocycles. The molecule has 2 aliphatic heterocycles. The molecule has 0 aromatic heterocycles. The number of fused-ring (bicyclic) bond motifs is 1. The van der Waals surface area contributed by atoms with Crippen LogP contribution >= 0.6 is 0 Å². The molecule has 4 heteroatoms. The Kier molecular flexibility index (Phi) is 5.01. The number of carbonyl (C=O) groups is 1. The van der Waals surface area contributed by atoms with Gasteiger partial charge < -0.3 is 14.5 Å². The lowest BCUT2D eigenvalue weighted by Gasteiger charge is -2.46. The summed E-state index contributed by atoms with van der Waals surface area (Å²) in [7, 11) is 2.26. The van der Waals surface area contributed by atoms with E-state index in [0.717, 1.165) is 31.6 Å². The number of nitrogens with zero attached hydrogens (tertiary/aromatic N) is 2. The number of piperidine rings is 2. The Hall–Kier alpha value is -0.610. The van der Waals surface area contributed by atoms with Gasteiger partial charge in [-0.25, -0.2) is 0 Å². The number of rotatable bonds is 4. The minimum atomic E-state index is -0.0552. The molecule has 2 fully saturated rings. The predicted molar refractivity (Wildman–Crippen MR) is 71.4 cm³/mol. The van der Waals surface area contributed by atoms with Gasteiger partial charge in [0, 0.05) is 19.1 Å². The van der Waals surface area contributed by atoms with Crippen LogP contribution < -0.4 is 0 Å². The Morgan fingerprint density at radius 1 is 1.33 bits per heavy atom. The van der Waals surface area contributed by atoms with Crippen LogP contribution in [0.25, 0.3) is 0 Å². The Morgan fingerprint density at radius 2 is 2.17 bits per heavy atom. The molecule has 0 saturated carbocycles. The van der Waals surface area contributed by atoms with Gasteiger partial charge in [0.1, 0.15) is 0 Å². The van der Waals surface area contributed by atoms with Gasteiger partial charge in [-0.15, -0.1) is 0 Å². The lowest BCUT2D eigenvalue weighted by atomic mass is 9.84. The standard InChI is InChI=1S/C14H26N2O2/c1-3-18-14(17)7-10-16-9-6-13-12(11-16)5-4-8-15(13)2/h12-13H,3-11H2,1-2H3. The highest BCUT2D eigenvalue weighted by Gasteiger charge is 2.33. The first-order chi connectivity index (χ1) is 8.70. The van der Waals surface area contributed by atoms with Crippen LogP contribution in [-0.2, 0) is 9.53 Å². The van der Waals surface area contributed by atoms with Crippen molar-refractivity contribution in [2.24, 2.45) is 5.92 Å². The lowest BCUT2D eigenvalue weighted by Crippen LogP contribution is -2.52. The van der Waals surface area contributed by atoms with Crippen LogP contribution in [0.4, 0.5) is 0 Å². The molecule has 0 aromatic rings. The summed E-state index contributed by atoms with van der Waals surface area (Å²) in [6, 6.07) is 0.776. The number of ether oxygens (including phenoxy) is 1. The van der Waals surface area contributed by atoms with Crippen molar-refractivity contribution in [1.82, 2.24) is 9.80 Å². The van der Waals surface area contributed by atoms with Crippen LogP contribution in [0.5, 0.6) is 0 Å². The summed E-state index contributed by atoms with van der Waals surface area (Å²) in [6.07, 6.45) is 4.47. The van der Waals surface area contributed by atoms with E-state index in [2.05, 4.69) is 16.8 Å². The van der Waals surface area contributed by atoms with Crippen molar-refractivity contribution in [3.63, 3.8) is 0 Å². The highest BCUT2D eigenvalue weighted by atomic mass is 16.5. The van der Waals surface area contributed by atoms with Gasteiger partial charge >= 0.3 is 5.97 Å². The summed E-state index contributed by atoms with van der Waals surface area (Å²) < 4.78 is 4.98. The molecular formula is C14H26N2O2. The first-order valence-corrected chi connectivity index (χ1v) is 7.29. The maximum Gasteiger partial charge on any atom is 0.307 e. The van der Waals surface area contributed by atoms with Crippen molar-refractivity contribution in [3.05, 3.63) is 0 Å². The minimum Gasteiger partial charge on any atom is -0.466 e. The Morgan fingerprint density at radius 3 is 2.94 bits per heavy atom. The SMILES string of the molecule is CCOC(=O)CCN1CCC2C(CCCN2C)C1. The number of esters is 1. The van der Waals surface area contributed by atoms with E-state index < -0.39 is 0 Å². The predicted octanol–water partition coefficient (Wildman–Crippen LogP) is 1.36. The molecule has 4 nitrogen and oxygen atoms in total. The third-order valence-electron chi connectivity index (χ3n) is 4.37. The largest absolute Gasteiger partial charge is 0.466 e. The van der Waals surface area contributed by atoms with Crippen molar-refractivity contribution in [2.75, 3.05) is 39.8 Å². The second-order valence-electron chi connectivity index (χ2n) is 5.59. The fraction of sp³-hybridized carbons (Fsp3) is 0.929. The summed E-state index contributed by atoms with van der Waals surface area (Å²) in [5.74, 6) is 0.750. The summed E-state index contributed by atoms with van der Waals surface area (Å²) in [4.78, 5) is 16.3. The molecule has 0 amide bonds. The molecular weight excluding hydrogens is 228 g/mol. The highest BCUT2D eigenvalue weighted by molar-refractivity contribution is 5.69. The number of carbonyl (C=O) groups excluding carboxylic acids is 1. The van der Waals surface area contributed by atoms with Crippen LogP contribution in [0.2, 0.25) is 0 Å². The maximum atomic E-state index is 11.4. The van der Waals surface area contributed by atoms with Gasteiger partial charge in [-0.3, -0.25) is 4.79 Å².